The fraction of sp³-hybridized carbons (Fsp3) is 0.143. The molecule has 0 spiro atoms. The lowest BCUT2D eigenvalue weighted by molar-refractivity contribution is -0.384. The second kappa shape index (κ2) is 4.21. The molecule has 1 aromatic rings. The molecule has 70 valence electrons. The summed E-state index contributed by atoms with van der Waals surface area (Å²) in [7, 11) is 0. The van der Waals surface area contributed by atoms with Gasteiger partial charge in [-0.1, -0.05) is 11.6 Å². The summed E-state index contributed by atoms with van der Waals surface area (Å²) < 4.78 is 0.843. The van der Waals surface area contributed by atoms with Gasteiger partial charge in [0.25, 0.3) is 5.69 Å². The van der Waals surface area contributed by atoms with E-state index >= 15 is 0 Å². The highest BCUT2D eigenvalue weighted by atomic mass is 127. The van der Waals surface area contributed by atoms with E-state index < -0.39 is 4.92 Å². The maximum absolute atomic E-state index is 10.5. The van der Waals surface area contributed by atoms with Crippen LogP contribution in [0.25, 0.3) is 0 Å². The number of rotatable bonds is 2. The first-order valence-electron chi connectivity index (χ1n) is 3.39. The summed E-state index contributed by atoms with van der Waals surface area (Å²) in [6.45, 7) is 0.207. The first kappa shape index (κ1) is 10.7. The summed E-state index contributed by atoms with van der Waals surface area (Å²) in [6, 6.07) is 3.01. The predicted octanol–water partition coefficient (Wildman–Crippen LogP) is 2.31. The minimum atomic E-state index is -0.516. The third kappa shape index (κ3) is 2.09. The highest BCUT2D eigenvalue weighted by Gasteiger charge is 2.16. The van der Waals surface area contributed by atoms with Crippen LogP contribution in [-0.4, -0.2) is 4.92 Å². The molecule has 0 unspecified atom stereocenters. The fourth-order valence-corrected chi connectivity index (χ4v) is 2.05. The first-order chi connectivity index (χ1) is 6.07. The van der Waals surface area contributed by atoms with Crippen LogP contribution in [0.5, 0.6) is 0 Å². The van der Waals surface area contributed by atoms with Crippen LogP contribution in [0.4, 0.5) is 5.69 Å². The van der Waals surface area contributed by atoms with Gasteiger partial charge in [0.15, 0.2) is 0 Å². The molecule has 4 nitrogen and oxygen atoms in total. The molecule has 0 aliphatic carbocycles. The standard InChI is InChI=1S/C7H6ClIN2O2/c8-7-4(3-10)5(9)1-2-6(7)11(12)13/h1-2H,3,10H2. The zero-order valence-electron chi connectivity index (χ0n) is 6.46. The molecule has 0 heterocycles. The van der Waals surface area contributed by atoms with Crippen LogP contribution in [0, 0.1) is 13.7 Å². The summed E-state index contributed by atoms with van der Waals surface area (Å²) in [6.07, 6.45) is 0. The molecule has 0 saturated heterocycles. The minimum absolute atomic E-state index is 0.0949. The van der Waals surface area contributed by atoms with E-state index in [1.54, 1.807) is 6.07 Å². The van der Waals surface area contributed by atoms with E-state index in [1.165, 1.54) is 6.07 Å². The Bertz CT molecular complexity index is 357. The summed E-state index contributed by atoms with van der Waals surface area (Å²) in [5.41, 5.74) is 5.94. The van der Waals surface area contributed by atoms with Crippen LogP contribution in [0.3, 0.4) is 0 Å². The quantitative estimate of drug-likeness (QED) is 0.517. The SMILES string of the molecule is NCc1c(I)ccc([N+](=O)[O-])c1Cl. The van der Waals surface area contributed by atoms with Crippen LogP contribution >= 0.6 is 34.2 Å². The van der Waals surface area contributed by atoms with E-state index in [1.807, 2.05) is 22.6 Å². The van der Waals surface area contributed by atoms with E-state index in [2.05, 4.69) is 0 Å². The third-order valence-corrected chi connectivity index (χ3v) is 3.00. The van der Waals surface area contributed by atoms with Crippen molar-refractivity contribution >= 4 is 39.9 Å². The lowest BCUT2D eigenvalue weighted by Crippen LogP contribution is -2.02. The molecule has 0 aromatic heterocycles. The van der Waals surface area contributed by atoms with Gasteiger partial charge in [0.1, 0.15) is 5.02 Å². The molecule has 0 atom stereocenters. The Labute approximate surface area is 93.4 Å². The topological polar surface area (TPSA) is 69.2 Å². The molecule has 0 aliphatic rings. The Morgan fingerprint density at radius 3 is 2.69 bits per heavy atom. The molecule has 0 fully saturated rings. The molecule has 0 aliphatic heterocycles. The number of nitro groups is 1. The van der Waals surface area contributed by atoms with Crippen molar-refractivity contribution in [1.82, 2.24) is 0 Å². The van der Waals surface area contributed by atoms with Gasteiger partial charge in [0, 0.05) is 21.7 Å². The number of nitrogens with zero attached hydrogens (tertiary/aromatic N) is 1. The summed E-state index contributed by atoms with van der Waals surface area (Å²) in [5.74, 6) is 0. The van der Waals surface area contributed by atoms with Gasteiger partial charge in [-0.05, 0) is 28.7 Å². The van der Waals surface area contributed by atoms with Crippen molar-refractivity contribution in [1.29, 1.82) is 0 Å². The number of benzene rings is 1. The molecule has 1 aromatic carbocycles. The second-order valence-electron chi connectivity index (χ2n) is 2.32. The van der Waals surface area contributed by atoms with Gasteiger partial charge in [-0.15, -0.1) is 0 Å². The number of nitrogens with two attached hydrogens (primary N) is 1. The van der Waals surface area contributed by atoms with Crippen LogP contribution < -0.4 is 5.73 Å². The van der Waals surface area contributed by atoms with Gasteiger partial charge in [0.2, 0.25) is 0 Å². The predicted molar refractivity (Wildman–Crippen MR) is 58.7 cm³/mol. The molecule has 0 bridgehead atoms. The van der Waals surface area contributed by atoms with E-state index in [9.17, 15) is 10.1 Å². The van der Waals surface area contributed by atoms with Crippen molar-refractivity contribution in [3.63, 3.8) is 0 Å². The summed E-state index contributed by atoms with van der Waals surface area (Å²) >= 11 is 7.82. The highest BCUT2D eigenvalue weighted by Crippen LogP contribution is 2.30. The molecule has 0 radical (unpaired) electrons. The molecule has 0 amide bonds. The zero-order valence-corrected chi connectivity index (χ0v) is 9.37. The average molecular weight is 312 g/mol. The maximum Gasteiger partial charge on any atom is 0.288 e. The van der Waals surface area contributed by atoms with Crippen molar-refractivity contribution in [3.8, 4) is 0 Å². The smallest absolute Gasteiger partial charge is 0.288 e. The van der Waals surface area contributed by atoms with Gasteiger partial charge in [-0.3, -0.25) is 10.1 Å². The minimum Gasteiger partial charge on any atom is -0.326 e. The van der Waals surface area contributed by atoms with E-state index in [0.717, 1.165) is 3.57 Å². The highest BCUT2D eigenvalue weighted by molar-refractivity contribution is 14.1. The lowest BCUT2D eigenvalue weighted by Gasteiger charge is -2.03. The van der Waals surface area contributed by atoms with E-state index in [-0.39, 0.29) is 17.3 Å². The van der Waals surface area contributed by atoms with Gasteiger partial charge >= 0.3 is 0 Å². The van der Waals surface area contributed by atoms with Gasteiger partial charge < -0.3 is 5.73 Å². The molecule has 0 saturated carbocycles. The van der Waals surface area contributed by atoms with Crippen molar-refractivity contribution < 1.29 is 4.92 Å². The Kier molecular flexibility index (Phi) is 3.46. The molecule has 6 heteroatoms. The summed E-state index contributed by atoms with van der Waals surface area (Å²) in [5, 5.41) is 10.6. The number of halogens is 2. The molecule has 2 N–H and O–H groups in total. The number of nitro benzene ring substituents is 1. The lowest BCUT2D eigenvalue weighted by atomic mass is 10.2. The Hall–Kier alpha value is -0.400. The molecular formula is C7H6ClIN2O2. The van der Waals surface area contributed by atoms with Crippen LogP contribution in [0.1, 0.15) is 5.56 Å². The molecule has 13 heavy (non-hydrogen) atoms. The van der Waals surface area contributed by atoms with E-state index in [4.69, 9.17) is 17.3 Å². The van der Waals surface area contributed by atoms with Crippen molar-refractivity contribution in [2.45, 2.75) is 6.54 Å². The first-order valence-corrected chi connectivity index (χ1v) is 4.85. The van der Waals surface area contributed by atoms with Gasteiger partial charge in [-0.2, -0.15) is 0 Å². The van der Waals surface area contributed by atoms with Crippen LogP contribution in [0.15, 0.2) is 12.1 Å². The third-order valence-electron chi connectivity index (χ3n) is 1.57. The Balaban J connectivity index is 3.35. The van der Waals surface area contributed by atoms with Crippen molar-refractivity contribution in [2.75, 3.05) is 0 Å². The van der Waals surface area contributed by atoms with Crippen molar-refractivity contribution in [3.05, 3.63) is 36.4 Å². The molecule has 1 rings (SSSR count). The van der Waals surface area contributed by atoms with Crippen LogP contribution in [-0.2, 0) is 6.54 Å². The monoisotopic (exact) mass is 312 g/mol. The largest absolute Gasteiger partial charge is 0.326 e. The zero-order chi connectivity index (χ0) is 10.0. The molecular weight excluding hydrogens is 306 g/mol. The Morgan fingerprint density at radius 2 is 2.23 bits per heavy atom. The van der Waals surface area contributed by atoms with Gasteiger partial charge in [0.05, 0.1) is 4.92 Å². The summed E-state index contributed by atoms with van der Waals surface area (Å²) in [4.78, 5) is 9.96. The number of hydrogen-bond donors (Lipinski definition) is 1. The average Bonchev–Trinajstić information content (AvgIpc) is 2.04. The number of hydrogen-bond acceptors (Lipinski definition) is 3. The van der Waals surface area contributed by atoms with Crippen molar-refractivity contribution in [2.24, 2.45) is 5.73 Å². The van der Waals surface area contributed by atoms with E-state index in [0.29, 0.717) is 5.56 Å². The second-order valence-corrected chi connectivity index (χ2v) is 3.86. The normalized spacial score (nSPS) is 10.1. The maximum atomic E-state index is 10.5. The van der Waals surface area contributed by atoms with Crippen LogP contribution in [0.2, 0.25) is 5.02 Å². The Morgan fingerprint density at radius 1 is 1.62 bits per heavy atom. The van der Waals surface area contributed by atoms with Gasteiger partial charge in [-0.25, -0.2) is 0 Å². The fourth-order valence-electron chi connectivity index (χ4n) is 0.913.